The molecule has 10 N–H and O–H groups in total. The Morgan fingerprint density at radius 2 is 1.87 bits per heavy atom. The number of nitrogens with zero attached hydrogens (tertiary/aromatic N) is 3. The van der Waals surface area contributed by atoms with Crippen molar-refractivity contribution in [2.75, 3.05) is 31.6 Å². The van der Waals surface area contributed by atoms with E-state index < -0.39 is 17.7 Å². The number of amides is 2. The van der Waals surface area contributed by atoms with Crippen LogP contribution in [0.4, 0.5) is 20.3 Å². The molecule has 47 heavy (non-hydrogen) atoms. The Bertz CT molecular complexity index is 1760. The van der Waals surface area contributed by atoms with Crippen LogP contribution in [0.15, 0.2) is 48.9 Å². The standard InChI is InChI=1S/C31H37F2N11O3/c1-2-18-16-19(5-6-20(18)29(45)39-11-12-40-30(46)22(35)4-3-10-41-31(36)37)43-27-28-42-17-23(44(28)14-13-38-27)21-7-8-24(47-15-9-34)26(33)25(21)32/h5-9,13-14,16-17,22,34H,2-4,10-12,15,35H2,1H3,(H,38,43)(H,39,45)(H,40,46)(H4,36,37,41)/t22-/m1/s1. The van der Waals surface area contributed by atoms with Crippen molar-refractivity contribution in [1.29, 1.82) is 10.8 Å². The largest absolute Gasteiger partial charge is 0.485 e. The van der Waals surface area contributed by atoms with Gasteiger partial charge in [-0.1, -0.05) is 6.92 Å². The first-order valence-electron chi connectivity index (χ1n) is 14.9. The Balaban J connectivity index is 1.39. The van der Waals surface area contributed by atoms with E-state index in [-0.39, 0.29) is 48.8 Å². The molecular weight excluding hydrogens is 612 g/mol. The molecule has 2 aromatic heterocycles. The Morgan fingerprint density at radius 3 is 2.62 bits per heavy atom. The van der Waals surface area contributed by atoms with E-state index in [2.05, 4.69) is 31.2 Å². The van der Waals surface area contributed by atoms with Gasteiger partial charge in [0.05, 0.1) is 17.9 Å². The zero-order valence-electron chi connectivity index (χ0n) is 25.7. The van der Waals surface area contributed by atoms with Crippen molar-refractivity contribution >= 4 is 41.1 Å². The average molecular weight is 650 g/mol. The van der Waals surface area contributed by atoms with Gasteiger partial charge in [-0.15, -0.1) is 0 Å². The number of benzene rings is 2. The average Bonchev–Trinajstić information content (AvgIpc) is 3.50. The summed E-state index contributed by atoms with van der Waals surface area (Å²) in [6.45, 7) is 2.58. The van der Waals surface area contributed by atoms with Gasteiger partial charge in [0.1, 0.15) is 6.61 Å². The summed E-state index contributed by atoms with van der Waals surface area (Å²) in [4.78, 5) is 33.9. The highest BCUT2D eigenvalue weighted by atomic mass is 19.2. The van der Waals surface area contributed by atoms with E-state index in [9.17, 15) is 14.0 Å². The van der Waals surface area contributed by atoms with Gasteiger partial charge in [-0.2, -0.15) is 4.39 Å². The fraction of sp³-hybridized carbons (Fsp3) is 0.290. The summed E-state index contributed by atoms with van der Waals surface area (Å²) < 4.78 is 36.3. The highest BCUT2D eigenvalue weighted by molar-refractivity contribution is 5.96. The Labute approximate surface area is 269 Å². The quantitative estimate of drug-likeness (QED) is 0.0507. The SMILES string of the molecule is CCc1cc(Nc2nccn3c(-c4ccc(OCC=N)c(F)c4F)cnc23)ccc1C(=O)NCCNC(=O)[C@H](N)CCCNC(=N)N. The van der Waals surface area contributed by atoms with Crippen LogP contribution < -0.4 is 37.5 Å². The number of carbonyl (C=O) groups excluding carboxylic acids is 2. The van der Waals surface area contributed by atoms with Gasteiger partial charge in [-0.3, -0.25) is 19.4 Å². The lowest BCUT2D eigenvalue weighted by Crippen LogP contribution is -2.44. The van der Waals surface area contributed by atoms with Gasteiger partial charge >= 0.3 is 0 Å². The predicted octanol–water partition coefficient (Wildman–Crippen LogP) is 2.45. The molecule has 0 saturated heterocycles. The maximum Gasteiger partial charge on any atom is 0.251 e. The van der Waals surface area contributed by atoms with Crippen molar-refractivity contribution in [2.45, 2.75) is 32.2 Å². The Morgan fingerprint density at radius 1 is 1.09 bits per heavy atom. The molecule has 0 bridgehead atoms. The van der Waals surface area contributed by atoms with E-state index in [4.69, 9.17) is 27.0 Å². The van der Waals surface area contributed by atoms with Crippen molar-refractivity contribution in [1.82, 2.24) is 30.3 Å². The smallest absolute Gasteiger partial charge is 0.251 e. The molecule has 0 aliphatic carbocycles. The molecule has 0 radical (unpaired) electrons. The third-order valence-corrected chi connectivity index (χ3v) is 7.12. The maximum absolute atomic E-state index is 15.0. The number of nitrogens with one attached hydrogen (secondary N) is 6. The molecule has 0 aliphatic rings. The highest BCUT2D eigenvalue weighted by Gasteiger charge is 2.20. The summed E-state index contributed by atoms with van der Waals surface area (Å²) in [6.07, 6.45) is 6.97. The summed E-state index contributed by atoms with van der Waals surface area (Å²) in [5.74, 6) is -2.99. The number of rotatable bonds is 16. The summed E-state index contributed by atoms with van der Waals surface area (Å²) in [5, 5.41) is 25.5. The number of carbonyl (C=O) groups is 2. The molecule has 0 unspecified atom stereocenters. The zero-order valence-corrected chi connectivity index (χ0v) is 25.7. The van der Waals surface area contributed by atoms with Crippen LogP contribution >= 0.6 is 0 Å². The molecule has 2 aromatic carbocycles. The zero-order chi connectivity index (χ0) is 33.9. The van der Waals surface area contributed by atoms with E-state index >= 15 is 4.39 Å². The Hall–Kier alpha value is -5.64. The lowest BCUT2D eigenvalue weighted by atomic mass is 10.0. The fourth-order valence-corrected chi connectivity index (χ4v) is 4.77. The number of fused-ring (bicyclic) bond motifs is 1. The van der Waals surface area contributed by atoms with Crippen LogP contribution in [0.1, 0.15) is 35.7 Å². The first kappa shape index (κ1) is 34.2. The van der Waals surface area contributed by atoms with Gasteiger partial charge in [0.15, 0.2) is 29.0 Å². The van der Waals surface area contributed by atoms with Gasteiger partial charge in [0.2, 0.25) is 11.7 Å². The number of imidazole rings is 1. The molecule has 0 spiro atoms. The van der Waals surface area contributed by atoms with Gasteiger partial charge in [-0.05, 0) is 55.2 Å². The second-order valence-corrected chi connectivity index (χ2v) is 10.4. The number of aryl methyl sites for hydroxylation is 1. The van der Waals surface area contributed by atoms with Crippen molar-refractivity contribution in [3.05, 3.63) is 71.7 Å². The third kappa shape index (κ3) is 8.55. The number of hydrogen-bond acceptors (Lipinski definition) is 9. The molecule has 14 nitrogen and oxygen atoms in total. The minimum Gasteiger partial charge on any atom is -0.485 e. The van der Waals surface area contributed by atoms with E-state index in [1.54, 1.807) is 22.7 Å². The molecule has 2 heterocycles. The Kier molecular flexibility index (Phi) is 11.7. The van der Waals surface area contributed by atoms with Crippen molar-refractivity contribution in [3.63, 3.8) is 0 Å². The number of guanidine groups is 1. The van der Waals surface area contributed by atoms with Gasteiger partial charge < -0.3 is 42.9 Å². The second kappa shape index (κ2) is 16.1. The predicted molar refractivity (Wildman–Crippen MR) is 174 cm³/mol. The molecule has 4 rings (SSSR count). The molecule has 1 atom stereocenters. The molecule has 2 amide bonds. The van der Waals surface area contributed by atoms with Crippen LogP contribution in [0.5, 0.6) is 5.75 Å². The number of hydrogen-bond donors (Lipinski definition) is 8. The van der Waals surface area contributed by atoms with Crippen LogP contribution in [0, 0.1) is 22.5 Å². The van der Waals surface area contributed by atoms with Crippen LogP contribution in [-0.2, 0) is 11.2 Å². The minimum atomic E-state index is -1.16. The number of nitrogens with two attached hydrogens (primary N) is 2. The fourth-order valence-electron chi connectivity index (χ4n) is 4.77. The summed E-state index contributed by atoms with van der Waals surface area (Å²) in [6, 6.07) is 7.17. The topological polar surface area (TPSA) is 221 Å². The first-order valence-corrected chi connectivity index (χ1v) is 14.9. The maximum atomic E-state index is 15.0. The van der Waals surface area contributed by atoms with Crippen molar-refractivity contribution in [2.24, 2.45) is 11.5 Å². The number of halogens is 2. The minimum absolute atomic E-state index is 0.0286. The van der Waals surface area contributed by atoms with Gasteiger partial charge in [0.25, 0.3) is 5.91 Å². The summed E-state index contributed by atoms with van der Waals surface area (Å²) in [7, 11) is 0. The molecule has 248 valence electrons. The van der Waals surface area contributed by atoms with Gasteiger partial charge in [0, 0.05) is 55.1 Å². The molecule has 0 aliphatic heterocycles. The normalized spacial score (nSPS) is 11.5. The van der Waals surface area contributed by atoms with E-state index in [1.807, 2.05) is 13.0 Å². The lowest BCUT2D eigenvalue weighted by molar-refractivity contribution is -0.122. The van der Waals surface area contributed by atoms with Crippen LogP contribution in [0.25, 0.3) is 16.9 Å². The molecule has 0 saturated carbocycles. The summed E-state index contributed by atoms with van der Waals surface area (Å²) >= 11 is 0. The van der Waals surface area contributed by atoms with Crippen LogP contribution in [-0.4, -0.2) is 70.6 Å². The van der Waals surface area contributed by atoms with Crippen molar-refractivity contribution in [3.8, 4) is 17.0 Å². The second-order valence-electron chi connectivity index (χ2n) is 10.4. The summed E-state index contributed by atoms with van der Waals surface area (Å²) in [5.41, 5.74) is 13.6. The van der Waals surface area contributed by atoms with Gasteiger partial charge in [-0.25, -0.2) is 14.4 Å². The highest BCUT2D eigenvalue weighted by Crippen LogP contribution is 2.32. The molecule has 0 fully saturated rings. The number of ether oxygens (including phenoxy) is 1. The van der Waals surface area contributed by atoms with Crippen molar-refractivity contribution < 1.29 is 23.1 Å². The first-order chi connectivity index (χ1) is 22.6. The molecule has 4 aromatic rings. The van der Waals surface area contributed by atoms with E-state index in [1.165, 1.54) is 24.5 Å². The monoisotopic (exact) mass is 649 g/mol. The number of aromatic nitrogens is 3. The van der Waals surface area contributed by atoms with Crippen LogP contribution in [0.2, 0.25) is 0 Å². The lowest BCUT2D eigenvalue weighted by Gasteiger charge is -2.14. The molecular formula is C31H37F2N11O3. The van der Waals surface area contributed by atoms with E-state index in [0.29, 0.717) is 54.2 Å². The van der Waals surface area contributed by atoms with E-state index in [0.717, 1.165) is 11.8 Å². The molecule has 16 heteroatoms. The van der Waals surface area contributed by atoms with Crippen LogP contribution in [0.3, 0.4) is 0 Å². The third-order valence-electron chi connectivity index (χ3n) is 7.12. The number of anilines is 2.